The molecule has 2 aromatic carbocycles. The number of aromatic amines is 1. The van der Waals surface area contributed by atoms with E-state index in [9.17, 15) is 4.79 Å². The second kappa shape index (κ2) is 5.83. The van der Waals surface area contributed by atoms with Crippen LogP contribution in [0.2, 0.25) is 0 Å². The topological polar surface area (TPSA) is 42.1 Å². The number of carbonyl (C=O) groups excluding carboxylic acids is 1. The van der Waals surface area contributed by atoms with Crippen molar-refractivity contribution in [1.29, 1.82) is 0 Å². The third-order valence-electron chi connectivity index (χ3n) is 3.52. The fourth-order valence-electron chi connectivity index (χ4n) is 2.36. The molecule has 106 valence electrons. The summed E-state index contributed by atoms with van der Waals surface area (Å²) in [7, 11) is 0. The Morgan fingerprint density at radius 1 is 1.14 bits per heavy atom. The van der Waals surface area contributed by atoms with Gasteiger partial charge in [-0.1, -0.05) is 37.3 Å². The van der Waals surface area contributed by atoms with Crippen LogP contribution in [0, 0.1) is 0 Å². The van der Waals surface area contributed by atoms with Crippen molar-refractivity contribution in [2.45, 2.75) is 20.0 Å². The molecule has 0 bridgehead atoms. The summed E-state index contributed by atoms with van der Waals surface area (Å²) in [6.07, 6.45) is 2.29. The van der Waals surface area contributed by atoms with Crippen LogP contribution in [0.25, 0.3) is 10.9 Å². The van der Waals surface area contributed by atoms with Crippen LogP contribution in [-0.4, -0.2) is 10.8 Å². The van der Waals surface area contributed by atoms with E-state index in [0.29, 0.717) is 13.0 Å². The smallest absolute Gasteiger partial charge is 0.164 e. The van der Waals surface area contributed by atoms with Crippen molar-refractivity contribution < 1.29 is 9.53 Å². The molecule has 3 rings (SSSR count). The Labute approximate surface area is 123 Å². The van der Waals surface area contributed by atoms with E-state index in [-0.39, 0.29) is 5.78 Å². The lowest BCUT2D eigenvalue weighted by Gasteiger charge is -2.06. The lowest BCUT2D eigenvalue weighted by Crippen LogP contribution is -1.95. The fraction of sp³-hybridized carbons (Fsp3) is 0.167. The van der Waals surface area contributed by atoms with Gasteiger partial charge in [-0.3, -0.25) is 4.79 Å². The summed E-state index contributed by atoms with van der Waals surface area (Å²) in [6, 6.07) is 15.8. The molecule has 0 unspecified atom stereocenters. The Morgan fingerprint density at radius 2 is 1.95 bits per heavy atom. The summed E-state index contributed by atoms with van der Waals surface area (Å²) in [4.78, 5) is 15.0. The Bertz CT molecular complexity index is 759. The number of ether oxygens (including phenoxy) is 1. The number of rotatable bonds is 5. The highest BCUT2D eigenvalue weighted by atomic mass is 16.5. The maximum atomic E-state index is 11.8. The van der Waals surface area contributed by atoms with Crippen LogP contribution < -0.4 is 4.74 Å². The van der Waals surface area contributed by atoms with E-state index in [0.717, 1.165) is 27.8 Å². The standard InChI is InChI=1S/C18H17NO2/c1-2-18(20)16-11-19-17-10-14(8-9-15(16)17)21-12-13-6-4-3-5-7-13/h3-11,19H,2,12H2,1H3. The van der Waals surface area contributed by atoms with Gasteiger partial charge in [0.1, 0.15) is 12.4 Å². The molecule has 0 amide bonds. The zero-order chi connectivity index (χ0) is 14.7. The average Bonchev–Trinajstić information content (AvgIpc) is 2.96. The van der Waals surface area contributed by atoms with Gasteiger partial charge in [-0.25, -0.2) is 0 Å². The Morgan fingerprint density at radius 3 is 2.71 bits per heavy atom. The van der Waals surface area contributed by atoms with Crippen molar-refractivity contribution in [2.24, 2.45) is 0 Å². The molecule has 0 aliphatic heterocycles. The molecule has 3 aromatic rings. The van der Waals surface area contributed by atoms with E-state index in [4.69, 9.17) is 4.74 Å². The number of ketones is 1. The number of nitrogens with one attached hydrogen (secondary N) is 1. The number of aromatic nitrogens is 1. The lowest BCUT2D eigenvalue weighted by atomic mass is 10.1. The zero-order valence-electron chi connectivity index (χ0n) is 11.9. The van der Waals surface area contributed by atoms with Crippen LogP contribution in [0.4, 0.5) is 0 Å². The highest BCUT2D eigenvalue weighted by Gasteiger charge is 2.10. The number of H-pyrrole nitrogens is 1. The van der Waals surface area contributed by atoms with Crippen LogP contribution in [0.5, 0.6) is 5.75 Å². The second-order valence-electron chi connectivity index (χ2n) is 4.96. The van der Waals surface area contributed by atoms with E-state index in [1.54, 1.807) is 6.20 Å². The number of Topliss-reactive ketones (excluding diaryl/α,β-unsaturated/α-hetero) is 1. The normalized spacial score (nSPS) is 10.7. The minimum Gasteiger partial charge on any atom is -0.489 e. The SMILES string of the molecule is CCC(=O)c1c[nH]c2cc(OCc3ccccc3)ccc12. The van der Waals surface area contributed by atoms with Gasteiger partial charge in [0.25, 0.3) is 0 Å². The minimum atomic E-state index is 0.152. The third kappa shape index (κ3) is 2.82. The Balaban J connectivity index is 1.80. The molecule has 0 aliphatic carbocycles. The van der Waals surface area contributed by atoms with Crippen LogP contribution >= 0.6 is 0 Å². The first-order valence-corrected chi connectivity index (χ1v) is 7.09. The summed E-state index contributed by atoms with van der Waals surface area (Å²) in [6.45, 7) is 2.41. The predicted octanol–water partition coefficient (Wildman–Crippen LogP) is 4.34. The number of benzene rings is 2. The van der Waals surface area contributed by atoms with Crippen LogP contribution in [0.15, 0.2) is 54.7 Å². The van der Waals surface area contributed by atoms with Gasteiger partial charge in [-0.2, -0.15) is 0 Å². The monoisotopic (exact) mass is 279 g/mol. The predicted molar refractivity (Wildman–Crippen MR) is 83.7 cm³/mol. The maximum Gasteiger partial charge on any atom is 0.164 e. The summed E-state index contributed by atoms with van der Waals surface area (Å²) in [5.41, 5.74) is 2.81. The Kier molecular flexibility index (Phi) is 3.73. The molecule has 3 heteroatoms. The molecule has 0 radical (unpaired) electrons. The zero-order valence-corrected chi connectivity index (χ0v) is 11.9. The van der Waals surface area contributed by atoms with Gasteiger partial charge >= 0.3 is 0 Å². The van der Waals surface area contributed by atoms with Crippen molar-refractivity contribution in [3.8, 4) is 5.75 Å². The summed E-state index contributed by atoms with van der Waals surface area (Å²) < 4.78 is 5.79. The molecule has 1 N–H and O–H groups in total. The van der Waals surface area contributed by atoms with Crippen molar-refractivity contribution >= 4 is 16.7 Å². The average molecular weight is 279 g/mol. The van der Waals surface area contributed by atoms with Gasteiger partial charge in [0.15, 0.2) is 5.78 Å². The molecular formula is C18H17NO2. The van der Waals surface area contributed by atoms with Crippen molar-refractivity contribution in [3.63, 3.8) is 0 Å². The molecule has 1 heterocycles. The molecule has 0 atom stereocenters. The lowest BCUT2D eigenvalue weighted by molar-refractivity contribution is 0.0990. The first kappa shape index (κ1) is 13.4. The minimum absolute atomic E-state index is 0.152. The summed E-state index contributed by atoms with van der Waals surface area (Å²) in [5.74, 6) is 0.947. The largest absolute Gasteiger partial charge is 0.489 e. The Hall–Kier alpha value is -2.55. The number of hydrogen-bond donors (Lipinski definition) is 1. The maximum absolute atomic E-state index is 11.8. The fourth-order valence-corrected chi connectivity index (χ4v) is 2.36. The molecule has 0 fully saturated rings. The van der Waals surface area contributed by atoms with Gasteiger partial charge in [0.2, 0.25) is 0 Å². The van der Waals surface area contributed by atoms with Gasteiger partial charge in [-0.05, 0) is 17.7 Å². The van der Waals surface area contributed by atoms with Gasteiger partial charge < -0.3 is 9.72 Å². The molecule has 0 aliphatic rings. The van der Waals surface area contributed by atoms with Gasteiger partial charge in [-0.15, -0.1) is 0 Å². The van der Waals surface area contributed by atoms with E-state index in [1.807, 2.05) is 55.5 Å². The highest BCUT2D eigenvalue weighted by Crippen LogP contribution is 2.24. The van der Waals surface area contributed by atoms with E-state index in [1.165, 1.54) is 0 Å². The van der Waals surface area contributed by atoms with E-state index < -0.39 is 0 Å². The van der Waals surface area contributed by atoms with E-state index in [2.05, 4.69) is 4.98 Å². The molecule has 1 aromatic heterocycles. The number of fused-ring (bicyclic) bond motifs is 1. The van der Waals surface area contributed by atoms with Gasteiger partial charge in [0.05, 0.1) is 0 Å². The molecule has 21 heavy (non-hydrogen) atoms. The quantitative estimate of drug-likeness (QED) is 0.706. The number of carbonyl (C=O) groups is 1. The number of hydrogen-bond acceptors (Lipinski definition) is 2. The van der Waals surface area contributed by atoms with E-state index >= 15 is 0 Å². The molecule has 0 spiro atoms. The van der Waals surface area contributed by atoms with Gasteiger partial charge in [0, 0.05) is 35.2 Å². The summed E-state index contributed by atoms with van der Waals surface area (Å²) in [5, 5.41) is 0.953. The van der Waals surface area contributed by atoms with Crippen molar-refractivity contribution in [3.05, 3.63) is 65.9 Å². The van der Waals surface area contributed by atoms with Crippen molar-refractivity contribution in [1.82, 2.24) is 4.98 Å². The highest BCUT2D eigenvalue weighted by molar-refractivity contribution is 6.07. The van der Waals surface area contributed by atoms with Crippen LogP contribution in [-0.2, 0) is 6.61 Å². The first-order chi connectivity index (χ1) is 10.3. The molecular weight excluding hydrogens is 262 g/mol. The molecule has 3 nitrogen and oxygen atoms in total. The first-order valence-electron chi connectivity index (χ1n) is 7.09. The van der Waals surface area contributed by atoms with Crippen LogP contribution in [0.1, 0.15) is 29.3 Å². The summed E-state index contributed by atoms with van der Waals surface area (Å²) >= 11 is 0. The molecule has 0 saturated carbocycles. The molecule has 0 saturated heterocycles. The van der Waals surface area contributed by atoms with Crippen LogP contribution in [0.3, 0.4) is 0 Å². The third-order valence-corrected chi connectivity index (χ3v) is 3.52. The second-order valence-corrected chi connectivity index (χ2v) is 4.96. The van der Waals surface area contributed by atoms with Crippen molar-refractivity contribution in [2.75, 3.05) is 0 Å².